The van der Waals surface area contributed by atoms with Gasteiger partial charge in [-0.25, -0.2) is 9.79 Å². The molecule has 88 valence electrons. The number of halogens is 1. The minimum atomic E-state index is -1.31. The first-order valence-electron chi connectivity index (χ1n) is 4.94. The number of aliphatic hydroxyl groups is 1. The molecular weight excluding hydrogens is 242 g/mol. The molecule has 2 rings (SSSR count). The summed E-state index contributed by atoms with van der Waals surface area (Å²) < 4.78 is 0. The van der Waals surface area contributed by atoms with Crippen molar-refractivity contribution in [1.82, 2.24) is 0 Å². The minimum absolute atomic E-state index is 0.0841. The largest absolute Gasteiger partial charge is 0.505 e. The van der Waals surface area contributed by atoms with Gasteiger partial charge in [0.1, 0.15) is 5.70 Å². The number of rotatable bonds is 1. The topological polar surface area (TPSA) is 69.9 Å². The number of aliphatic carboxylic acids is 1. The van der Waals surface area contributed by atoms with Gasteiger partial charge in [0.15, 0.2) is 10.8 Å². The van der Waals surface area contributed by atoms with Gasteiger partial charge >= 0.3 is 5.97 Å². The standard InChI is InChI=1S/C12H10ClNO3/c1-5-3-7-8(4-6(5)2)14-10(11(7)15)9(13)12(16)17/h3-4,15H,1-2H3,(H,16,17). The summed E-state index contributed by atoms with van der Waals surface area (Å²) in [4.78, 5) is 14.8. The molecule has 0 unspecified atom stereocenters. The highest BCUT2D eigenvalue weighted by Crippen LogP contribution is 2.19. The molecule has 0 spiro atoms. The molecule has 0 fully saturated rings. The van der Waals surface area contributed by atoms with Crippen LogP contribution in [0, 0.1) is 13.8 Å². The molecule has 1 aromatic carbocycles. The highest BCUT2D eigenvalue weighted by atomic mass is 35.5. The van der Waals surface area contributed by atoms with Gasteiger partial charge in [0.25, 0.3) is 0 Å². The zero-order valence-corrected chi connectivity index (χ0v) is 10.0. The van der Waals surface area contributed by atoms with Crippen molar-refractivity contribution >= 4 is 23.3 Å². The molecule has 0 atom stereocenters. The second kappa shape index (κ2) is 3.89. The molecule has 0 amide bonds. The number of nitrogens with zero attached hydrogens (tertiary/aromatic N) is 1. The molecule has 1 aliphatic heterocycles. The van der Waals surface area contributed by atoms with Crippen LogP contribution in [-0.4, -0.2) is 16.2 Å². The molecule has 5 heteroatoms. The zero-order valence-electron chi connectivity index (χ0n) is 9.28. The Balaban J connectivity index is 2.83. The second-order valence-corrected chi connectivity index (χ2v) is 4.26. The summed E-state index contributed by atoms with van der Waals surface area (Å²) in [6.45, 7) is 3.83. The van der Waals surface area contributed by atoms with E-state index in [9.17, 15) is 9.90 Å². The van der Waals surface area contributed by atoms with Crippen LogP contribution < -0.4 is 10.6 Å². The maximum Gasteiger partial charge on any atom is 0.349 e. The fourth-order valence-electron chi connectivity index (χ4n) is 1.64. The molecule has 0 saturated carbocycles. The van der Waals surface area contributed by atoms with E-state index in [-0.39, 0.29) is 11.5 Å². The van der Waals surface area contributed by atoms with Gasteiger partial charge in [-0.1, -0.05) is 11.6 Å². The fourth-order valence-corrected chi connectivity index (χ4v) is 1.77. The van der Waals surface area contributed by atoms with E-state index in [1.165, 1.54) is 0 Å². The van der Waals surface area contributed by atoms with Crippen molar-refractivity contribution < 1.29 is 15.0 Å². The van der Waals surface area contributed by atoms with Gasteiger partial charge in [-0.05, 0) is 37.1 Å². The van der Waals surface area contributed by atoms with Crippen LogP contribution in [0.25, 0.3) is 5.76 Å². The lowest BCUT2D eigenvalue weighted by molar-refractivity contribution is -0.131. The van der Waals surface area contributed by atoms with Crippen molar-refractivity contribution in [2.75, 3.05) is 0 Å². The predicted molar refractivity (Wildman–Crippen MR) is 63.2 cm³/mol. The van der Waals surface area contributed by atoms with Crippen molar-refractivity contribution in [3.05, 3.63) is 44.6 Å². The van der Waals surface area contributed by atoms with E-state index in [2.05, 4.69) is 4.99 Å². The van der Waals surface area contributed by atoms with Gasteiger partial charge in [0.05, 0.1) is 5.36 Å². The number of carboxylic acid groups (broad SMARTS) is 1. The molecule has 2 N–H and O–H groups in total. The number of carboxylic acids is 1. The zero-order chi connectivity index (χ0) is 12.7. The summed E-state index contributed by atoms with van der Waals surface area (Å²) in [7, 11) is 0. The number of aryl methyl sites for hydroxylation is 2. The monoisotopic (exact) mass is 251 g/mol. The van der Waals surface area contributed by atoms with Crippen molar-refractivity contribution in [2.24, 2.45) is 4.99 Å². The number of hydrogen-bond donors (Lipinski definition) is 2. The lowest BCUT2D eigenvalue weighted by Gasteiger charge is -1.97. The predicted octanol–water partition coefficient (Wildman–Crippen LogP) is 1.14. The van der Waals surface area contributed by atoms with E-state index in [0.717, 1.165) is 11.1 Å². The smallest absolute Gasteiger partial charge is 0.349 e. The van der Waals surface area contributed by atoms with E-state index in [0.29, 0.717) is 10.6 Å². The highest BCUT2D eigenvalue weighted by molar-refractivity contribution is 6.41. The van der Waals surface area contributed by atoms with E-state index in [4.69, 9.17) is 16.7 Å². The number of aliphatic hydroxyl groups excluding tert-OH is 1. The molecule has 1 aromatic rings. The van der Waals surface area contributed by atoms with Crippen molar-refractivity contribution in [2.45, 2.75) is 13.8 Å². The Hall–Kier alpha value is -1.81. The maximum absolute atomic E-state index is 10.7. The molecule has 0 radical (unpaired) electrons. The Morgan fingerprint density at radius 1 is 1.29 bits per heavy atom. The molecule has 0 bridgehead atoms. The van der Waals surface area contributed by atoms with Crippen LogP contribution in [0.1, 0.15) is 11.1 Å². The van der Waals surface area contributed by atoms with Crippen molar-refractivity contribution in [1.29, 1.82) is 0 Å². The third kappa shape index (κ3) is 1.80. The Morgan fingerprint density at radius 3 is 2.47 bits per heavy atom. The Bertz CT molecular complexity index is 674. The molecule has 0 saturated heterocycles. The van der Waals surface area contributed by atoms with Crippen LogP contribution in [0.2, 0.25) is 0 Å². The average Bonchev–Trinajstić information content (AvgIpc) is 2.56. The number of hydrogen-bond acceptors (Lipinski definition) is 3. The van der Waals surface area contributed by atoms with Crippen LogP contribution in [0.5, 0.6) is 0 Å². The summed E-state index contributed by atoms with van der Waals surface area (Å²) in [5, 5.41) is 19.2. The van der Waals surface area contributed by atoms with Crippen LogP contribution in [0.3, 0.4) is 0 Å². The molecule has 4 nitrogen and oxygen atoms in total. The van der Waals surface area contributed by atoms with Crippen molar-refractivity contribution in [3.63, 3.8) is 0 Å². The summed E-state index contributed by atoms with van der Waals surface area (Å²) in [6, 6.07) is 3.56. The van der Waals surface area contributed by atoms with Gasteiger partial charge in [-0.15, -0.1) is 0 Å². The van der Waals surface area contributed by atoms with Crippen LogP contribution in [0.15, 0.2) is 27.9 Å². The Labute approximate surface area is 102 Å². The molecular formula is C12H10ClNO3. The number of fused-ring (bicyclic) bond motifs is 1. The SMILES string of the molecule is Cc1cc2c(cc1C)=C(O)C(=C(Cl)C(=O)O)N=2. The van der Waals surface area contributed by atoms with Gasteiger partial charge < -0.3 is 10.2 Å². The fraction of sp³-hybridized carbons (Fsp3) is 0.167. The minimum Gasteiger partial charge on any atom is -0.505 e. The highest BCUT2D eigenvalue weighted by Gasteiger charge is 2.20. The maximum atomic E-state index is 10.7. The van der Waals surface area contributed by atoms with E-state index >= 15 is 0 Å². The van der Waals surface area contributed by atoms with E-state index in [1.54, 1.807) is 12.1 Å². The van der Waals surface area contributed by atoms with Crippen LogP contribution >= 0.6 is 11.6 Å². The first-order valence-corrected chi connectivity index (χ1v) is 5.32. The molecule has 1 heterocycles. The first kappa shape index (κ1) is 11.7. The van der Waals surface area contributed by atoms with Gasteiger partial charge in [0.2, 0.25) is 0 Å². The summed E-state index contributed by atoms with van der Waals surface area (Å²) in [5.74, 6) is -1.49. The van der Waals surface area contributed by atoms with Gasteiger partial charge in [0, 0.05) is 5.22 Å². The number of carbonyl (C=O) groups is 1. The molecule has 1 aliphatic rings. The number of benzene rings is 1. The molecule has 0 aromatic heterocycles. The summed E-state index contributed by atoms with van der Waals surface area (Å²) in [6.07, 6.45) is 0. The van der Waals surface area contributed by atoms with Crippen LogP contribution in [0.4, 0.5) is 0 Å². The molecule has 0 aliphatic carbocycles. The van der Waals surface area contributed by atoms with Crippen LogP contribution in [-0.2, 0) is 4.79 Å². The van der Waals surface area contributed by atoms with Gasteiger partial charge in [-0.3, -0.25) is 0 Å². The third-order valence-corrected chi connectivity index (χ3v) is 3.06. The first-order chi connectivity index (χ1) is 7.91. The normalized spacial score (nSPS) is 16.5. The van der Waals surface area contributed by atoms with Crippen molar-refractivity contribution in [3.8, 4) is 0 Å². The Morgan fingerprint density at radius 2 is 1.88 bits per heavy atom. The quantitative estimate of drug-likeness (QED) is 0.736. The van der Waals surface area contributed by atoms with E-state index in [1.807, 2.05) is 13.8 Å². The summed E-state index contributed by atoms with van der Waals surface area (Å²) in [5.41, 5.74) is 1.94. The second-order valence-electron chi connectivity index (χ2n) is 3.88. The third-order valence-electron chi connectivity index (χ3n) is 2.72. The van der Waals surface area contributed by atoms with E-state index < -0.39 is 11.0 Å². The average molecular weight is 252 g/mol. The Kier molecular flexibility index (Phi) is 2.67. The van der Waals surface area contributed by atoms with Gasteiger partial charge in [-0.2, -0.15) is 0 Å². The molecule has 17 heavy (non-hydrogen) atoms. The lowest BCUT2D eigenvalue weighted by Crippen LogP contribution is -2.24. The lowest BCUT2D eigenvalue weighted by atomic mass is 10.1. The summed E-state index contributed by atoms with van der Waals surface area (Å²) >= 11 is 5.59.